The number of nitrogens with one attached hydrogen (secondary N) is 1. The number of piperidine rings is 1. The number of amides is 1. The highest BCUT2D eigenvalue weighted by Gasteiger charge is 2.24. The molecule has 0 aliphatic carbocycles. The molecule has 3 nitrogen and oxygen atoms in total. The zero-order valence-electron chi connectivity index (χ0n) is 12.2. The third-order valence-corrected chi connectivity index (χ3v) is 4.10. The number of carbonyl (C=O) groups is 1. The van der Waals surface area contributed by atoms with E-state index in [1.54, 1.807) is 7.05 Å². The van der Waals surface area contributed by atoms with E-state index >= 15 is 0 Å². The largest absolute Gasteiger partial charge is 0.359 e. The van der Waals surface area contributed by atoms with Crippen LogP contribution in [0.1, 0.15) is 29.5 Å². The second-order valence-corrected chi connectivity index (χ2v) is 5.59. The number of rotatable bonds is 3. The normalized spacial score (nSPS) is 17.4. The van der Waals surface area contributed by atoms with Crippen molar-refractivity contribution in [2.24, 2.45) is 5.92 Å². The van der Waals surface area contributed by atoms with Crippen molar-refractivity contribution < 1.29 is 4.79 Å². The fraction of sp³-hybridized carbons (Fsp3) is 0.562. The van der Waals surface area contributed by atoms with E-state index in [-0.39, 0.29) is 11.8 Å². The molecule has 1 saturated heterocycles. The second-order valence-electron chi connectivity index (χ2n) is 5.59. The highest BCUT2D eigenvalue weighted by Crippen LogP contribution is 2.20. The molecule has 0 atom stereocenters. The van der Waals surface area contributed by atoms with Gasteiger partial charge in [0.25, 0.3) is 0 Å². The van der Waals surface area contributed by atoms with Gasteiger partial charge in [0.2, 0.25) is 5.91 Å². The Bertz CT molecular complexity index is 448. The van der Waals surface area contributed by atoms with Gasteiger partial charge in [0.15, 0.2) is 0 Å². The minimum absolute atomic E-state index is 0.200. The number of hydrogen-bond acceptors (Lipinski definition) is 2. The standard InChI is InChI=1S/C16H24N2O/c1-12-4-5-13(2)15(10-12)11-18-8-6-14(7-9-18)16(19)17-3/h4-5,10,14H,6-9,11H2,1-3H3,(H,17,19). The van der Waals surface area contributed by atoms with Gasteiger partial charge in [-0.3, -0.25) is 9.69 Å². The summed E-state index contributed by atoms with van der Waals surface area (Å²) in [7, 11) is 1.73. The molecule has 1 aliphatic heterocycles. The zero-order valence-corrected chi connectivity index (χ0v) is 12.2. The van der Waals surface area contributed by atoms with Crippen molar-refractivity contribution in [1.29, 1.82) is 0 Å². The lowest BCUT2D eigenvalue weighted by Crippen LogP contribution is -2.39. The molecule has 104 valence electrons. The second kappa shape index (κ2) is 6.20. The number of aryl methyl sites for hydroxylation is 2. The summed E-state index contributed by atoms with van der Waals surface area (Å²) in [4.78, 5) is 14.1. The number of hydrogen-bond donors (Lipinski definition) is 1. The van der Waals surface area contributed by atoms with Gasteiger partial charge in [-0.2, -0.15) is 0 Å². The Hall–Kier alpha value is -1.35. The van der Waals surface area contributed by atoms with E-state index < -0.39 is 0 Å². The van der Waals surface area contributed by atoms with Crippen LogP contribution < -0.4 is 5.32 Å². The Morgan fingerprint density at radius 1 is 1.32 bits per heavy atom. The first kappa shape index (κ1) is 14.1. The molecule has 1 N–H and O–H groups in total. The molecule has 0 radical (unpaired) electrons. The van der Waals surface area contributed by atoms with Gasteiger partial charge in [0, 0.05) is 19.5 Å². The topological polar surface area (TPSA) is 32.3 Å². The fourth-order valence-electron chi connectivity index (χ4n) is 2.77. The molecule has 0 unspecified atom stereocenters. The van der Waals surface area contributed by atoms with Gasteiger partial charge in [0.05, 0.1) is 0 Å². The van der Waals surface area contributed by atoms with E-state index in [9.17, 15) is 4.79 Å². The van der Waals surface area contributed by atoms with E-state index in [2.05, 4.69) is 42.3 Å². The first-order valence-electron chi connectivity index (χ1n) is 7.10. The predicted octanol–water partition coefficient (Wildman–Crippen LogP) is 2.26. The quantitative estimate of drug-likeness (QED) is 0.904. The van der Waals surface area contributed by atoms with E-state index in [1.165, 1.54) is 16.7 Å². The lowest BCUT2D eigenvalue weighted by Gasteiger charge is -2.31. The van der Waals surface area contributed by atoms with Gasteiger partial charge in [-0.05, 0) is 50.9 Å². The van der Waals surface area contributed by atoms with Crippen molar-refractivity contribution in [3.05, 3.63) is 34.9 Å². The average molecular weight is 260 g/mol. The van der Waals surface area contributed by atoms with Gasteiger partial charge < -0.3 is 5.32 Å². The first-order chi connectivity index (χ1) is 9.10. The Morgan fingerprint density at radius 2 is 2.00 bits per heavy atom. The summed E-state index contributed by atoms with van der Waals surface area (Å²) in [6.45, 7) is 7.36. The van der Waals surface area contributed by atoms with Gasteiger partial charge in [0.1, 0.15) is 0 Å². The maximum atomic E-state index is 11.6. The molecule has 0 aromatic heterocycles. The molecule has 1 aromatic carbocycles. The minimum atomic E-state index is 0.200. The monoisotopic (exact) mass is 260 g/mol. The summed E-state index contributed by atoms with van der Waals surface area (Å²) in [5.74, 6) is 0.409. The predicted molar refractivity (Wildman–Crippen MR) is 78.0 cm³/mol. The molecular weight excluding hydrogens is 236 g/mol. The third kappa shape index (κ3) is 3.57. The van der Waals surface area contributed by atoms with Crippen LogP contribution in [0.25, 0.3) is 0 Å². The molecule has 2 rings (SSSR count). The van der Waals surface area contributed by atoms with Crippen LogP contribution in [-0.2, 0) is 11.3 Å². The summed E-state index contributed by atoms with van der Waals surface area (Å²) >= 11 is 0. The molecule has 1 aromatic rings. The molecule has 1 aliphatic rings. The molecule has 1 fully saturated rings. The van der Waals surface area contributed by atoms with Crippen LogP contribution in [0.5, 0.6) is 0 Å². The van der Waals surface area contributed by atoms with Crippen molar-refractivity contribution in [3.8, 4) is 0 Å². The summed E-state index contributed by atoms with van der Waals surface area (Å²) in [5.41, 5.74) is 4.10. The van der Waals surface area contributed by atoms with Gasteiger partial charge in [-0.15, -0.1) is 0 Å². The Labute approximate surface area is 116 Å². The molecule has 0 spiro atoms. The smallest absolute Gasteiger partial charge is 0.222 e. The Kier molecular flexibility index (Phi) is 4.59. The van der Waals surface area contributed by atoms with E-state index in [0.29, 0.717) is 0 Å². The van der Waals surface area contributed by atoms with Crippen LogP contribution in [0.4, 0.5) is 0 Å². The summed E-state index contributed by atoms with van der Waals surface area (Å²) in [6, 6.07) is 6.64. The number of carbonyl (C=O) groups excluding carboxylic acids is 1. The number of likely N-dealkylation sites (tertiary alicyclic amines) is 1. The lowest BCUT2D eigenvalue weighted by molar-refractivity contribution is -0.125. The number of nitrogens with zero attached hydrogens (tertiary/aromatic N) is 1. The van der Waals surface area contributed by atoms with Crippen molar-refractivity contribution in [2.45, 2.75) is 33.2 Å². The van der Waals surface area contributed by atoms with Crippen molar-refractivity contribution in [2.75, 3.05) is 20.1 Å². The van der Waals surface area contributed by atoms with Crippen LogP contribution in [0.15, 0.2) is 18.2 Å². The summed E-state index contributed by atoms with van der Waals surface area (Å²) in [5, 5.41) is 2.76. The van der Waals surface area contributed by atoms with E-state index in [0.717, 1.165) is 32.5 Å². The highest BCUT2D eigenvalue weighted by atomic mass is 16.1. The van der Waals surface area contributed by atoms with Gasteiger partial charge in [-0.1, -0.05) is 23.8 Å². The maximum absolute atomic E-state index is 11.6. The first-order valence-corrected chi connectivity index (χ1v) is 7.10. The molecule has 19 heavy (non-hydrogen) atoms. The lowest BCUT2D eigenvalue weighted by atomic mass is 9.95. The summed E-state index contributed by atoms with van der Waals surface area (Å²) < 4.78 is 0. The zero-order chi connectivity index (χ0) is 13.8. The van der Waals surface area contributed by atoms with Crippen LogP contribution in [0.2, 0.25) is 0 Å². The highest BCUT2D eigenvalue weighted by molar-refractivity contribution is 5.78. The van der Waals surface area contributed by atoms with Crippen LogP contribution in [0.3, 0.4) is 0 Å². The summed E-state index contributed by atoms with van der Waals surface area (Å²) in [6.07, 6.45) is 1.95. The van der Waals surface area contributed by atoms with Crippen LogP contribution >= 0.6 is 0 Å². The van der Waals surface area contributed by atoms with E-state index in [4.69, 9.17) is 0 Å². The molecule has 1 heterocycles. The van der Waals surface area contributed by atoms with E-state index in [1.807, 2.05) is 0 Å². The molecule has 3 heteroatoms. The van der Waals surface area contributed by atoms with Crippen molar-refractivity contribution >= 4 is 5.91 Å². The maximum Gasteiger partial charge on any atom is 0.222 e. The SMILES string of the molecule is CNC(=O)C1CCN(Cc2cc(C)ccc2C)CC1. The molecule has 0 saturated carbocycles. The van der Waals surface area contributed by atoms with Gasteiger partial charge >= 0.3 is 0 Å². The minimum Gasteiger partial charge on any atom is -0.359 e. The Balaban J connectivity index is 1.92. The number of benzene rings is 1. The molecule has 1 amide bonds. The third-order valence-electron chi connectivity index (χ3n) is 4.10. The molecular formula is C16H24N2O. The van der Waals surface area contributed by atoms with Gasteiger partial charge in [-0.25, -0.2) is 0 Å². The molecule has 0 bridgehead atoms. The fourth-order valence-corrected chi connectivity index (χ4v) is 2.77. The van der Waals surface area contributed by atoms with Crippen LogP contribution in [-0.4, -0.2) is 30.9 Å². The van der Waals surface area contributed by atoms with Crippen molar-refractivity contribution in [3.63, 3.8) is 0 Å². The average Bonchev–Trinajstić information content (AvgIpc) is 2.43. The Morgan fingerprint density at radius 3 is 2.63 bits per heavy atom. The van der Waals surface area contributed by atoms with Crippen molar-refractivity contribution in [1.82, 2.24) is 10.2 Å². The van der Waals surface area contributed by atoms with Crippen LogP contribution in [0, 0.1) is 19.8 Å².